The summed E-state index contributed by atoms with van der Waals surface area (Å²) in [5, 5.41) is 0. The van der Waals surface area contributed by atoms with Gasteiger partial charge >= 0.3 is 0 Å². The Morgan fingerprint density at radius 1 is 0.220 bits per heavy atom. The number of hydrogen-bond acceptors (Lipinski definition) is 7. The first-order valence-electron chi connectivity index (χ1n) is 34.2. The summed E-state index contributed by atoms with van der Waals surface area (Å²) in [6.45, 7) is 26.2. The van der Waals surface area contributed by atoms with E-state index in [1.807, 2.05) is 4.90 Å². The maximum absolute atomic E-state index is 14.6. The predicted molar refractivity (Wildman–Crippen MR) is 349 cm³/mol. The molecule has 6 amide bonds. The first-order valence-corrected chi connectivity index (χ1v) is 34.2. The molecule has 0 bridgehead atoms. The second kappa shape index (κ2) is 52.4. The lowest BCUT2D eigenvalue weighted by molar-refractivity contribution is -0.140. The number of amides is 6. The van der Waals surface area contributed by atoms with Crippen molar-refractivity contribution in [3.05, 3.63) is 69.9 Å². The van der Waals surface area contributed by atoms with Gasteiger partial charge in [0.25, 0.3) is 35.4 Å². The largest absolute Gasteiger partial charge is 0.298 e. The molecule has 470 valence electrons. The molecule has 0 fully saturated rings. The fraction of sp³-hybridized carbons (Fsp3) is 0.750. The van der Waals surface area contributed by atoms with E-state index >= 15 is 0 Å². The van der Waals surface area contributed by atoms with Crippen LogP contribution in [-0.4, -0.2) is 94.3 Å². The highest BCUT2D eigenvalue weighted by atomic mass is 16.2. The van der Waals surface area contributed by atoms with Crippen LogP contribution in [0, 0.1) is 0 Å². The van der Waals surface area contributed by atoms with Gasteiger partial charge in [-0.25, -0.2) is 0 Å². The molecule has 0 heterocycles. The predicted octanol–water partition coefficient (Wildman–Crippen LogP) is 19.2. The number of nitrogens with zero attached hydrogens (tertiary/aromatic N) is 4. The minimum Gasteiger partial charge on any atom is -0.298 e. The maximum atomic E-state index is 14.6. The van der Waals surface area contributed by atoms with E-state index in [9.17, 15) is 28.8 Å². The van der Waals surface area contributed by atoms with Crippen molar-refractivity contribution in [2.24, 2.45) is 0 Å². The third-order valence-corrected chi connectivity index (χ3v) is 16.3. The van der Waals surface area contributed by atoms with E-state index < -0.39 is 0 Å². The normalized spacial score (nSPS) is 12.8. The molecule has 0 aromatic carbocycles. The zero-order valence-electron chi connectivity index (χ0n) is 55.4. The molecule has 0 aliphatic heterocycles. The molecule has 0 radical (unpaired) electrons. The lowest BCUT2D eigenvalue weighted by Gasteiger charge is -2.30. The van der Waals surface area contributed by atoms with Crippen molar-refractivity contribution in [2.45, 2.75) is 314 Å². The van der Waals surface area contributed by atoms with Gasteiger partial charge in [-0.1, -0.05) is 232 Å². The van der Waals surface area contributed by atoms with Crippen molar-refractivity contribution in [3.8, 4) is 0 Å². The van der Waals surface area contributed by atoms with Crippen LogP contribution < -0.4 is 0 Å². The quantitative estimate of drug-likeness (QED) is 0.0440. The van der Waals surface area contributed by atoms with E-state index in [-0.39, 0.29) is 74.7 Å². The van der Waals surface area contributed by atoms with E-state index in [2.05, 4.69) is 83.1 Å². The standard InChI is InChI=1S/C72H126N4O6/c1-13-25-31-37-43-61(19-7)55-67(77)74(68(78)56-62(20-8)44-38-32-26-14-2)52-49-73(50-53-75(69(79)57-63(21-9)45-39-33-27-15-3)70(80)58-64(22-10)46-40-34-28-16-4)51-54-76(71(81)59-65(23-11)47-41-35-29-17-5)72(82)60-66(24-12)48-42-36-30-18-6/h55-60H,13-54H2,1-12H3. The SMILES string of the molecule is CCCCCCC(=CC(=O)N(CCN(CCN(C(=O)C=C(CC)CCCCCC)C(=O)C=C(CC)CCCCCC)CCN(C(=O)C=C(CC)CCCCCC)C(=O)C=C(CC)CCCCCC)C(=O)C=C(CC)CCCCCC)CC. The first kappa shape index (κ1) is 77.8. The molecule has 0 aromatic rings. The molecule has 10 nitrogen and oxygen atoms in total. The van der Waals surface area contributed by atoms with Crippen molar-refractivity contribution in [3.63, 3.8) is 0 Å². The molecule has 0 atom stereocenters. The number of unbranched alkanes of at least 4 members (excludes halogenated alkanes) is 18. The third-order valence-electron chi connectivity index (χ3n) is 16.3. The summed E-state index contributed by atoms with van der Waals surface area (Å²) in [5.74, 6) is -2.12. The number of carbonyl (C=O) groups is 6. The van der Waals surface area contributed by atoms with E-state index in [0.29, 0.717) is 38.5 Å². The van der Waals surface area contributed by atoms with Gasteiger partial charge in [0.2, 0.25) is 0 Å². The summed E-state index contributed by atoms with van der Waals surface area (Å²) in [7, 11) is 0. The molecule has 82 heavy (non-hydrogen) atoms. The van der Waals surface area contributed by atoms with Crippen molar-refractivity contribution in [2.75, 3.05) is 39.3 Å². The number of hydrogen-bond donors (Lipinski definition) is 0. The highest BCUT2D eigenvalue weighted by molar-refractivity contribution is 6.07. The number of allylic oxidation sites excluding steroid dienone is 6. The molecule has 10 heteroatoms. The molecule has 0 saturated carbocycles. The van der Waals surface area contributed by atoms with Gasteiger partial charge in [0.1, 0.15) is 0 Å². The molecule has 0 saturated heterocycles. The second-order valence-electron chi connectivity index (χ2n) is 23.1. The van der Waals surface area contributed by atoms with Crippen LogP contribution in [0.5, 0.6) is 0 Å². The minimum absolute atomic E-state index is 0.0404. The van der Waals surface area contributed by atoms with Crippen LogP contribution in [-0.2, 0) is 28.8 Å². The Hall–Kier alpha value is -4.18. The summed E-state index contributed by atoms with van der Waals surface area (Å²) >= 11 is 0. The Morgan fingerprint density at radius 3 is 0.512 bits per heavy atom. The molecule has 0 unspecified atom stereocenters. The molecule has 0 spiro atoms. The van der Waals surface area contributed by atoms with Gasteiger partial charge < -0.3 is 0 Å². The monoisotopic (exact) mass is 1140 g/mol. The minimum atomic E-state index is -0.353. The lowest BCUT2D eigenvalue weighted by Crippen LogP contribution is -2.48. The molecular weight excluding hydrogens is 1020 g/mol. The summed E-state index contributed by atoms with van der Waals surface area (Å²) < 4.78 is 0. The van der Waals surface area contributed by atoms with Crippen LogP contribution in [0.25, 0.3) is 0 Å². The van der Waals surface area contributed by atoms with Crippen molar-refractivity contribution in [1.82, 2.24) is 19.6 Å². The maximum Gasteiger partial charge on any atom is 0.253 e. The van der Waals surface area contributed by atoms with E-state index in [0.717, 1.165) is 226 Å². The summed E-state index contributed by atoms with van der Waals surface area (Å²) in [6, 6.07) is 0. The fourth-order valence-electron chi connectivity index (χ4n) is 10.3. The van der Waals surface area contributed by atoms with Crippen molar-refractivity contribution < 1.29 is 28.8 Å². The molecule has 0 rings (SSSR count). The molecule has 0 aliphatic rings. The number of imide groups is 3. The molecule has 0 aromatic heterocycles. The second-order valence-corrected chi connectivity index (χ2v) is 23.1. The van der Waals surface area contributed by atoms with Gasteiger partial charge in [-0.2, -0.15) is 0 Å². The topological polar surface area (TPSA) is 115 Å². The third kappa shape index (κ3) is 37.2. The Labute approximate surface area is 505 Å². The highest BCUT2D eigenvalue weighted by Crippen LogP contribution is 2.21. The fourth-order valence-corrected chi connectivity index (χ4v) is 10.3. The smallest absolute Gasteiger partial charge is 0.253 e. The summed E-state index contributed by atoms with van der Waals surface area (Å²) in [6.07, 6.45) is 44.8. The molecule has 0 N–H and O–H groups in total. The summed E-state index contributed by atoms with van der Waals surface area (Å²) in [5.41, 5.74) is 6.08. The van der Waals surface area contributed by atoms with E-state index in [1.54, 1.807) is 36.5 Å². The van der Waals surface area contributed by atoms with Gasteiger partial charge in [-0.15, -0.1) is 0 Å². The Kier molecular flexibility index (Phi) is 49.7. The average molecular weight is 1140 g/mol. The van der Waals surface area contributed by atoms with Crippen LogP contribution >= 0.6 is 0 Å². The lowest BCUT2D eigenvalue weighted by atomic mass is 10.0. The zero-order valence-corrected chi connectivity index (χ0v) is 55.4. The van der Waals surface area contributed by atoms with Crippen LogP contribution in [0.4, 0.5) is 0 Å². The zero-order chi connectivity index (χ0) is 61.2. The van der Waals surface area contributed by atoms with Gasteiger partial charge in [0.05, 0.1) is 0 Å². The van der Waals surface area contributed by atoms with Crippen LogP contribution in [0.15, 0.2) is 69.9 Å². The first-order chi connectivity index (χ1) is 39.7. The van der Waals surface area contributed by atoms with Crippen molar-refractivity contribution in [1.29, 1.82) is 0 Å². The van der Waals surface area contributed by atoms with Crippen molar-refractivity contribution >= 4 is 35.4 Å². The Morgan fingerprint density at radius 2 is 0.378 bits per heavy atom. The average Bonchev–Trinajstić information content (AvgIpc) is 3.48. The van der Waals surface area contributed by atoms with E-state index in [4.69, 9.17) is 0 Å². The van der Waals surface area contributed by atoms with Gasteiger partial charge in [-0.05, 0) is 116 Å². The van der Waals surface area contributed by atoms with E-state index in [1.165, 1.54) is 14.7 Å². The Balaban J connectivity index is 8.08. The Bertz CT molecular complexity index is 1610. The molecular formula is C72H126N4O6. The van der Waals surface area contributed by atoms with Crippen LogP contribution in [0.1, 0.15) is 314 Å². The molecule has 0 aliphatic carbocycles. The highest BCUT2D eigenvalue weighted by Gasteiger charge is 2.26. The van der Waals surface area contributed by atoms with Crippen LogP contribution in [0.3, 0.4) is 0 Å². The van der Waals surface area contributed by atoms with Gasteiger partial charge in [-0.3, -0.25) is 48.4 Å². The summed E-state index contributed by atoms with van der Waals surface area (Å²) in [4.78, 5) is 94.0. The number of carbonyl (C=O) groups excluding carboxylic acids is 6. The van der Waals surface area contributed by atoms with Gasteiger partial charge in [0, 0.05) is 75.7 Å². The number of rotatable bonds is 51. The van der Waals surface area contributed by atoms with Gasteiger partial charge in [0.15, 0.2) is 0 Å². The van der Waals surface area contributed by atoms with Crippen LogP contribution in [0.2, 0.25) is 0 Å².